The molecule has 0 heterocycles. The zero-order chi connectivity index (χ0) is 10.8. The summed E-state index contributed by atoms with van der Waals surface area (Å²) in [4.78, 5) is 0. The molecular weight excluding hydrogens is 211 g/mol. The fourth-order valence-corrected chi connectivity index (χ4v) is 10.7. The van der Waals surface area contributed by atoms with E-state index in [1.54, 1.807) is 0 Å². The lowest BCUT2D eigenvalue weighted by Gasteiger charge is -2.41. The van der Waals surface area contributed by atoms with Crippen LogP contribution in [0.2, 0.25) is 0 Å². The summed E-state index contributed by atoms with van der Waals surface area (Å²) in [6, 6.07) is 0. The van der Waals surface area contributed by atoms with Crippen LogP contribution < -0.4 is 12.4 Å². The molecule has 0 aliphatic rings. The van der Waals surface area contributed by atoms with E-state index in [0.717, 1.165) is 22.6 Å². The minimum Gasteiger partial charge on any atom is -1.00 e. The molecule has 88 valence electrons. The van der Waals surface area contributed by atoms with Crippen molar-refractivity contribution < 1.29 is 12.4 Å². The Morgan fingerprint density at radius 2 is 0.643 bits per heavy atom. The molecule has 0 unspecified atom stereocenters. The van der Waals surface area contributed by atoms with Gasteiger partial charge in [-0.05, 0) is 55.4 Å². The molecule has 0 saturated carbocycles. The molecule has 2 heteroatoms. The summed E-state index contributed by atoms with van der Waals surface area (Å²) in [5.74, 6) is 0. The van der Waals surface area contributed by atoms with Gasteiger partial charge >= 0.3 is 0 Å². The number of rotatable bonds is 4. The zero-order valence-electron chi connectivity index (χ0n) is 11.1. The van der Waals surface area contributed by atoms with Crippen LogP contribution >= 0.6 is 7.26 Å². The third-order valence-corrected chi connectivity index (χ3v) is 10.7. The van der Waals surface area contributed by atoms with Crippen molar-refractivity contribution in [1.29, 1.82) is 0 Å². The minimum absolute atomic E-state index is 0. The molecule has 0 radical (unpaired) electrons. The average molecular weight is 239 g/mol. The number of hydrogen-bond donors (Lipinski definition) is 0. The van der Waals surface area contributed by atoms with Crippen LogP contribution in [0.4, 0.5) is 0 Å². The van der Waals surface area contributed by atoms with E-state index in [0.29, 0.717) is 0 Å². The van der Waals surface area contributed by atoms with E-state index in [1.807, 2.05) is 0 Å². The van der Waals surface area contributed by atoms with Gasteiger partial charge in [-0.3, -0.25) is 0 Å². The van der Waals surface area contributed by atoms with Crippen molar-refractivity contribution in [1.82, 2.24) is 0 Å². The second-order valence-corrected chi connectivity index (χ2v) is 11.2. The predicted octanol–water partition coefficient (Wildman–Crippen LogP) is 1.64. The Kier molecular flexibility index (Phi) is 7.75. The second kappa shape index (κ2) is 6.33. The standard InChI is InChI=1S/C12H28P.ClH/c1-9(2)13(10(3)4,11(5)6)12(7)8;/h9-12H,1-8H3;1H/q+1;/p-1. The van der Waals surface area contributed by atoms with Crippen molar-refractivity contribution in [3.05, 3.63) is 0 Å². The highest BCUT2D eigenvalue weighted by Gasteiger charge is 2.49. The van der Waals surface area contributed by atoms with E-state index in [2.05, 4.69) is 55.4 Å². The summed E-state index contributed by atoms with van der Waals surface area (Å²) in [6.45, 7) is 19.4. The summed E-state index contributed by atoms with van der Waals surface area (Å²) in [5.41, 5.74) is 3.53. The van der Waals surface area contributed by atoms with E-state index in [1.165, 1.54) is 0 Å². The first-order chi connectivity index (χ1) is 5.77. The van der Waals surface area contributed by atoms with E-state index in [9.17, 15) is 0 Å². The van der Waals surface area contributed by atoms with Crippen LogP contribution in [-0.4, -0.2) is 22.6 Å². The first-order valence-electron chi connectivity index (χ1n) is 5.65. The highest BCUT2D eigenvalue weighted by atomic mass is 35.5. The average Bonchev–Trinajstić information content (AvgIpc) is 1.82. The normalized spacial score (nSPS) is 12.9. The zero-order valence-corrected chi connectivity index (χ0v) is 12.8. The summed E-state index contributed by atoms with van der Waals surface area (Å²) in [7, 11) is -0.784. The van der Waals surface area contributed by atoms with Gasteiger partial charge in [-0.1, -0.05) is 0 Å². The number of hydrogen-bond acceptors (Lipinski definition) is 0. The lowest BCUT2D eigenvalue weighted by atomic mass is 10.5. The van der Waals surface area contributed by atoms with E-state index in [-0.39, 0.29) is 12.4 Å². The van der Waals surface area contributed by atoms with Gasteiger partial charge in [0.25, 0.3) is 0 Å². The Morgan fingerprint density at radius 3 is 0.643 bits per heavy atom. The maximum Gasteiger partial charge on any atom is 0.0649 e. The Bertz CT molecular complexity index is 113. The molecule has 0 atom stereocenters. The third-order valence-electron chi connectivity index (χ3n) is 3.58. The van der Waals surface area contributed by atoms with Crippen LogP contribution in [0.5, 0.6) is 0 Å². The maximum absolute atomic E-state index is 2.42. The quantitative estimate of drug-likeness (QED) is 0.654. The minimum atomic E-state index is -0.784. The Balaban J connectivity index is 0. The van der Waals surface area contributed by atoms with E-state index < -0.39 is 7.26 Å². The lowest BCUT2D eigenvalue weighted by molar-refractivity contribution is -0.00000334. The van der Waals surface area contributed by atoms with Crippen LogP contribution in [0.3, 0.4) is 0 Å². The third kappa shape index (κ3) is 2.86. The van der Waals surface area contributed by atoms with Gasteiger partial charge in [0.15, 0.2) is 0 Å². The fourth-order valence-electron chi connectivity index (χ4n) is 3.58. The summed E-state index contributed by atoms with van der Waals surface area (Å²) < 4.78 is 0. The van der Waals surface area contributed by atoms with Gasteiger partial charge in [-0.15, -0.1) is 0 Å². The first-order valence-corrected chi connectivity index (χ1v) is 7.72. The topological polar surface area (TPSA) is 0 Å². The summed E-state index contributed by atoms with van der Waals surface area (Å²) in [6.07, 6.45) is 0. The fraction of sp³-hybridized carbons (Fsp3) is 1.00. The molecular formula is C12H28ClP. The van der Waals surface area contributed by atoms with E-state index in [4.69, 9.17) is 0 Å². The van der Waals surface area contributed by atoms with Crippen LogP contribution in [0, 0.1) is 0 Å². The molecule has 0 amide bonds. The molecule has 0 aromatic carbocycles. The molecule has 0 saturated heterocycles. The molecule has 0 aliphatic carbocycles. The van der Waals surface area contributed by atoms with Gasteiger partial charge in [0.05, 0.1) is 22.6 Å². The summed E-state index contributed by atoms with van der Waals surface area (Å²) in [5, 5.41) is 0. The Hall–Kier alpha value is 0.720. The number of halogens is 1. The smallest absolute Gasteiger partial charge is 0.0649 e. The van der Waals surface area contributed by atoms with E-state index >= 15 is 0 Å². The first kappa shape index (κ1) is 17.1. The molecule has 0 nitrogen and oxygen atoms in total. The van der Waals surface area contributed by atoms with Crippen LogP contribution in [0.1, 0.15) is 55.4 Å². The highest BCUT2D eigenvalue weighted by Crippen LogP contribution is 2.73. The van der Waals surface area contributed by atoms with Gasteiger partial charge < -0.3 is 12.4 Å². The van der Waals surface area contributed by atoms with Crippen molar-refractivity contribution >= 4 is 7.26 Å². The van der Waals surface area contributed by atoms with Crippen LogP contribution in [0.15, 0.2) is 0 Å². The maximum atomic E-state index is 2.42. The van der Waals surface area contributed by atoms with Crippen molar-refractivity contribution in [2.75, 3.05) is 0 Å². The molecule has 0 aromatic rings. The molecule has 0 rings (SSSR count). The van der Waals surface area contributed by atoms with Gasteiger partial charge in [-0.2, -0.15) is 0 Å². The second-order valence-electron chi connectivity index (χ2n) is 5.27. The van der Waals surface area contributed by atoms with Gasteiger partial charge in [0, 0.05) is 7.26 Å². The van der Waals surface area contributed by atoms with Gasteiger partial charge in [0.1, 0.15) is 0 Å². The SMILES string of the molecule is CC(C)[P+](C(C)C)(C(C)C)C(C)C.[Cl-]. The molecule has 0 bridgehead atoms. The molecule has 0 spiro atoms. The van der Waals surface area contributed by atoms with Crippen LogP contribution in [0.25, 0.3) is 0 Å². The largest absolute Gasteiger partial charge is 1.00 e. The summed E-state index contributed by atoms with van der Waals surface area (Å²) >= 11 is 0. The highest BCUT2D eigenvalue weighted by molar-refractivity contribution is 7.78. The molecule has 0 N–H and O–H groups in total. The monoisotopic (exact) mass is 238 g/mol. The van der Waals surface area contributed by atoms with Crippen molar-refractivity contribution in [2.45, 2.75) is 78.0 Å². The van der Waals surface area contributed by atoms with Crippen molar-refractivity contribution in [3.8, 4) is 0 Å². The van der Waals surface area contributed by atoms with Crippen LogP contribution in [-0.2, 0) is 0 Å². The Labute approximate surface area is 98.0 Å². The lowest BCUT2D eigenvalue weighted by Crippen LogP contribution is -3.00. The Morgan fingerprint density at radius 1 is 0.500 bits per heavy atom. The van der Waals surface area contributed by atoms with Gasteiger partial charge in [0.2, 0.25) is 0 Å². The predicted molar refractivity (Wildman–Crippen MR) is 67.5 cm³/mol. The van der Waals surface area contributed by atoms with Crippen molar-refractivity contribution in [2.24, 2.45) is 0 Å². The molecule has 0 aliphatic heterocycles. The van der Waals surface area contributed by atoms with Gasteiger partial charge in [-0.25, -0.2) is 0 Å². The molecule has 14 heavy (non-hydrogen) atoms. The molecule has 0 fully saturated rings. The molecule has 0 aromatic heterocycles. The van der Waals surface area contributed by atoms with Crippen molar-refractivity contribution in [3.63, 3.8) is 0 Å².